The number of rotatable bonds is 6. The second-order valence-corrected chi connectivity index (χ2v) is 7.56. The van der Waals surface area contributed by atoms with Gasteiger partial charge in [-0.15, -0.1) is 0 Å². The van der Waals surface area contributed by atoms with E-state index in [0.717, 1.165) is 23.3 Å². The fourth-order valence-electron chi connectivity index (χ4n) is 3.76. The molecule has 0 unspecified atom stereocenters. The molecule has 0 radical (unpaired) electrons. The van der Waals surface area contributed by atoms with Crippen LogP contribution in [-0.4, -0.2) is 47.4 Å². The van der Waals surface area contributed by atoms with Gasteiger partial charge in [0.15, 0.2) is 6.61 Å². The van der Waals surface area contributed by atoms with Gasteiger partial charge in [-0.25, -0.2) is 4.79 Å². The topological polar surface area (TPSA) is 105 Å². The number of urea groups is 1. The van der Waals surface area contributed by atoms with Gasteiger partial charge < -0.3 is 15.4 Å². The third-order valence-corrected chi connectivity index (χ3v) is 5.21. The zero-order chi connectivity index (χ0) is 20.3. The summed E-state index contributed by atoms with van der Waals surface area (Å²) >= 11 is 0. The number of hydrogen-bond donors (Lipinski definition) is 2. The van der Waals surface area contributed by atoms with E-state index in [0.29, 0.717) is 18.5 Å². The molecule has 8 nitrogen and oxygen atoms in total. The number of nitrogens with zero attached hydrogens (tertiary/aromatic N) is 1. The van der Waals surface area contributed by atoms with E-state index < -0.39 is 36.6 Å². The van der Waals surface area contributed by atoms with Gasteiger partial charge >= 0.3 is 12.0 Å². The first-order valence-corrected chi connectivity index (χ1v) is 9.51. The Kier molecular flexibility index (Phi) is 5.67. The molecule has 1 saturated carbocycles. The second kappa shape index (κ2) is 8.00. The van der Waals surface area contributed by atoms with Gasteiger partial charge in [0.1, 0.15) is 12.1 Å². The summed E-state index contributed by atoms with van der Waals surface area (Å²) in [6.07, 6.45) is 2.90. The number of anilines is 1. The van der Waals surface area contributed by atoms with Crippen LogP contribution in [0, 0.1) is 0 Å². The summed E-state index contributed by atoms with van der Waals surface area (Å²) in [6, 6.07) is 6.81. The monoisotopic (exact) mass is 387 g/mol. The van der Waals surface area contributed by atoms with Crippen LogP contribution in [0.2, 0.25) is 0 Å². The standard InChI is InChI=1S/C20H25N3O5/c1-13(2)14-7-3-4-8-15(14)21-16(24)12-28-17(25)11-23-18(26)20(22-19(23)27)9-5-6-10-20/h3-4,7-8,13H,5-6,9-12H2,1-2H3,(H,21,24)(H,22,27). The Bertz CT molecular complexity index is 799. The highest BCUT2D eigenvalue weighted by molar-refractivity contribution is 6.09. The Morgan fingerprint density at radius 2 is 1.89 bits per heavy atom. The van der Waals surface area contributed by atoms with Gasteiger partial charge in [0, 0.05) is 5.69 Å². The van der Waals surface area contributed by atoms with Crippen LogP contribution in [0.15, 0.2) is 24.3 Å². The summed E-state index contributed by atoms with van der Waals surface area (Å²) in [5.74, 6) is -1.44. The van der Waals surface area contributed by atoms with E-state index in [1.54, 1.807) is 6.07 Å². The highest BCUT2D eigenvalue weighted by atomic mass is 16.5. The highest BCUT2D eigenvalue weighted by Crippen LogP contribution is 2.34. The van der Waals surface area contributed by atoms with Gasteiger partial charge in [0.2, 0.25) is 0 Å². The van der Waals surface area contributed by atoms with Crippen molar-refractivity contribution in [2.24, 2.45) is 0 Å². The fourth-order valence-corrected chi connectivity index (χ4v) is 3.76. The maximum absolute atomic E-state index is 12.5. The van der Waals surface area contributed by atoms with Crippen LogP contribution in [-0.2, 0) is 19.1 Å². The predicted molar refractivity (Wildman–Crippen MR) is 102 cm³/mol. The SMILES string of the molecule is CC(C)c1ccccc1NC(=O)COC(=O)CN1C(=O)NC2(CCCC2)C1=O. The normalized spacial score (nSPS) is 17.9. The Balaban J connectivity index is 1.51. The Hall–Kier alpha value is -2.90. The molecule has 1 aliphatic carbocycles. The van der Waals surface area contributed by atoms with Gasteiger partial charge in [-0.2, -0.15) is 0 Å². The van der Waals surface area contributed by atoms with Crippen molar-refractivity contribution >= 4 is 29.5 Å². The lowest BCUT2D eigenvalue weighted by atomic mass is 9.98. The molecule has 8 heteroatoms. The number of esters is 1. The van der Waals surface area contributed by atoms with Crippen LogP contribution in [0.25, 0.3) is 0 Å². The van der Waals surface area contributed by atoms with E-state index in [1.165, 1.54) is 0 Å². The first kappa shape index (κ1) is 19.9. The predicted octanol–water partition coefficient (Wildman–Crippen LogP) is 2.16. The highest BCUT2D eigenvalue weighted by Gasteiger charge is 2.52. The number of nitrogens with one attached hydrogen (secondary N) is 2. The Morgan fingerprint density at radius 1 is 1.21 bits per heavy atom. The Labute approximate surface area is 163 Å². The number of imide groups is 1. The van der Waals surface area contributed by atoms with Crippen LogP contribution in [0.3, 0.4) is 0 Å². The van der Waals surface area contributed by atoms with Crippen molar-refractivity contribution in [1.29, 1.82) is 0 Å². The number of amides is 4. The van der Waals surface area contributed by atoms with Crippen molar-refractivity contribution in [2.45, 2.75) is 51.0 Å². The zero-order valence-corrected chi connectivity index (χ0v) is 16.1. The van der Waals surface area contributed by atoms with Gasteiger partial charge in [0.25, 0.3) is 11.8 Å². The number of hydrogen-bond acceptors (Lipinski definition) is 5. The van der Waals surface area contributed by atoms with Crippen molar-refractivity contribution < 1.29 is 23.9 Å². The maximum atomic E-state index is 12.5. The zero-order valence-electron chi connectivity index (χ0n) is 16.1. The summed E-state index contributed by atoms with van der Waals surface area (Å²) in [6.45, 7) is 3.04. The summed E-state index contributed by atoms with van der Waals surface area (Å²) in [4.78, 5) is 49.6. The molecule has 1 heterocycles. The van der Waals surface area contributed by atoms with E-state index in [1.807, 2.05) is 32.0 Å². The average Bonchev–Trinajstić information content (AvgIpc) is 3.21. The smallest absolute Gasteiger partial charge is 0.326 e. The first-order chi connectivity index (χ1) is 13.3. The molecule has 2 fully saturated rings. The third kappa shape index (κ3) is 4.00. The van der Waals surface area contributed by atoms with Crippen molar-refractivity contribution in [3.05, 3.63) is 29.8 Å². The van der Waals surface area contributed by atoms with Gasteiger partial charge in [0.05, 0.1) is 0 Å². The van der Waals surface area contributed by atoms with Gasteiger partial charge in [-0.1, -0.05) is 44.9 Å². The van der Waals surface area contributed by atoms with Crippen LogP contribution in [0.5, 0.6) is 0 Å². The van der Waals surface area contributed by atoms with E-state index in [9.17, 15) is 19.2 Å². The second-order valence-electron chi connectivity index (χ2n) is 7.56. The molecule has 0 aromatic heterocycles. The minimum Gasteiger partial charge on any atom is -0.454 e. The van der Waals surface area contributed by atoms with Crippen molar-refractivity contribution in [3.8, 4) is 0 Å². The molecule has 0 atom stereocenters. The maximum Gasteiger partial charge on any atom is 0.326 e. The largest absolute Gasteiger partial charge is 0.454 e. The minimum absolute atomic E-state index is 0.224. The number of para-hydroxylation sites is 1. The quantitative estimate of drug-likeness (QED) is 0.575. The lowest BCUT2D eigenvalue weighted by Crippen LogP contribution is -2.44. The van der Waals surface area contributed by atoms with E-state index >= 15 is 0 Å². The summed E-state index contributed by atoms with van der Waals surface area (Å²) in [5, 5.41) is 5.42. The van der Waals surface area contributed by atoms with Crippen molar-refractivity contribution in [2.75, 3.05) is 18.5 Å². The molecule has 2 aliphatic rings. The molecule has 0 bridgehead atoms. The fraction of sp³-hybridized carbons (Fsp3) is 0.500. The molecule has 1 aliphatic heterocycles. The number of carbonyl (C=O) groups excluding carboxylic acids is 4. The lowest BCUT2D eigenvalue weighted by Gasteiger charge is -2.19. The molecule has 150 valence electrons. The van der Waals surface area contributed by atoms with Crippen LogP contribution < -0.4 is 10.6 Å². The van der Waals surface area contributed by atoms with Crippen LogP contribution >= 0.6 is 0 Å². The molecule has 4 amide bonds. The summed E-state index contributed by atoms with van der Waals surface area (Å²) < 4.78 is 4.96. The van der Waals surface area contributed by atoms with E-state index in [-0.39, 0.29) is 11.8 Å². The third-order valence-electron chi connectivity index (χ3n) is 5.21. The summed E-state index contributed by atoms with van der Waals surface area (Å²) in [5.41, 5.74) is 0.772. The Morgan fingerprint density at radius 3 is 2.57 bits per heavy atom. The molecular formula is C20H25N3O5. The number of carbonyl (C=O) groups is 4. The first-order valence-electron chi connectivity index (χ1n) is 9.51. The van der Waals surface area contributed by atoms with E-state index in [2.05, 4.69) is 10.6 Å². The minimum atomic E-state index is -0.866. The molecule has 1 saturated heterocycles. The summed E-state index contributed by atoms with van der Waals surface area (Å²) in [7, 11) is 0. The number of benzene rings is 1. The van der Waals surface area contributed by atoms with Gasteiger partial charge in [-0.3, -0.25) is 19.3 Å². The van der Waals surface area contributed by atoms with Gasteiger partial charge in [-0.05, 0) is 30.4 Å². The lowest BCUT2D eigenvalue weighted by molar-refractivity contribution is -0.150. The number of ether oxygens (including phenoxy) is 1. The molecule has 28 heavy (non-hydrogen) atoms. The van der Waals surface area contributed by atoms with Crippen molar-refractivity contribution in [3.63, 3.8) is 0 Å². The van der Waals surface area contributed by atoms with Crippen LogP contribution in [0.1, 0.15) is 51.0 Å². The molecule has 1 aromatic rings. The molecule has 1 aromatic carbocycles. The molecular weight excluding hydrogens is 362 g/mol. The molecule has 2 N–H and O–H groups in total. The molecule has 3 rings (SSSR count). The van der Waals surface area contributed by atoms with E-state index in [4.69, 9.17) is 4.74 Å². The van der Waals surface area contributed by atoms with Crippen LogP contribution in [0.4, 0.5) is 10.5 Å². The average molecular weight is 387 g/mol. The van der Waals surface area contributed by atoms with Crippen molar-refractivity contribution in [1.82, 2.24) is 10.2 Å². The molecule has 1 spiro atoms.